The number of carbonyl (C=O) groups excluding carboxylic acids is 1. The van der Waals surface area contributed by atoms with Gasteiger partial charge in [-0.05, 0) is 32.0 Å². The van der Waals surface area contributed by atoms with Gasteiger partial charge in [-0.15, -0.1) is 0 Å². The lowest BCUT2D eigenvalue weighted by atomic mass is 10.1. The summed E-state index contributed by atoms with van der Waals surface area (Å²) in [5.74, 6) is 0.0226. The van der Waals surface area contributed by atoms with E-state index in [1.54, 1.807) is 24.9 Å². The van der Waals surface area contributed by atoms with E-state index in [-0.39, 0.29) is 17.6 Å². The van der Waals surface area contributed by atoms with Crippen LogP contribution in [0.4, 0.5) is 11.4 Å². The minimum atomic E-state index is -0.432. The minimum absolute atomic E-state index is 0.0226. The quantitative estimate of drug-likeness (QED) is 0.645. The number of non-ortho nitro benzene ring substituents is 1. The van der Waals surface area contributed by atoms with Crippen LogP contribution in [0.15, 0.2) is 18.2 Å². The molecule has 1 aromatic carbocycles. The fourth-order valence-electron chi connectivity index (χ4n) is 2.24. The predicted octanol–water partition coefficient (Wildman–Crippen LogP) is 1.23. The molecule has 0 bridgehead atoms. The monoisotopic (exact) mass is 249 g/mol. The van der Waals surface area contributed by atoms with Gasteiger partial charge in [-0.25, -0.2) is 0 Å². The van der Waals surface area contributed by atoms with Crippen molar-refractivity contribution in [2.45, 2.75) is 19.4 Å². The van der Waals surface area contributed by atoms with Gasteiger partial charge in [-0.2, -0.15) is 0 Å². The number of rotatable bonds is 3. The van der Waals surface area contributed by atoms with Crippen molar-refractivity contribution < 1.29 is 9.72 Å². The molecule has 6 nitrogen and oxygen atoms in total. The number of nitro benzene ring substituents is 1. The highest BCUT2D eigenvalue weighted by Crippen LogP contribution is 2.28. The summed E-state index contributed by atoms with van der Waals surface area (Å²) in [4.78, 5) is 24.0. The van der Waals surface area contributed by atoms with Crippen molar-refractivity contribution in [2.24, 2.45) is 0 Å². The summed E-state index contributed by atoms with van der Waals surface area (Å²) in [7, 11) is 1.76. The summed E-state index contributed by atoms with van der Waals surface area (Å²) < 4.78 is 0. The molecule has 0 saturated carbocycles. The van der Waals surface area contributed by atoms with Crippen molar-refractivity contribution in [1.29, 1.82) is 0 Å². The summed E-state index contributed by atoms with van der Waals surface area (Å²) in [6, 6.07) is 4.42. The first-order chi connectivity index (χ1) is 8.54. The van der Waals surface area contributed by atoms with Crippen molar-refractivity contribution in [3.63, 3.8) is 0 Å². The predicted molar refractivity (Wildman–Crippen MR) is 67.7 cm³/mol. The second-order valence-electron chi connectivity index (χ2n) is 4.35. The molecular weight excluding hydrogens is 234 g/mol. The van der Waals surface area contributed by atoms with Gasteiger partial charge in [0.1, 0.15) is 0 Å². The van der Waals surface area contributed by atoms with Crippen molar-refractivity contribution >= 4 is 17.3 Å². The van der Waals surface area contributed by atoms with Gasteiger partial charge in [0.25, 0.3) is 5.69 Å². The normalized spacial score (nSPS) is 19.3. The first-order valence-corrected chi connectivity index (χ1v) is 5.78. The van der Waals surface area contributed by atoms with Crippen LogP contribution in [0.2, 0.25) is 0 Å². The molecule has 1 N–H and O–H groups in total. The Bertz CT molecular complexity index is 501. The van der Waals surface area contributed by atoms with Gasteiger partial charge in [0, 0.05) is 24.4 Å². The second kappa shape index (κ2) is 4.73. The van der Waals surface area contributed by atoms with E-state index in [1.807, 2.05) is 0 Å². The van der Waals surface area contributed by atoms with E-state index in [2.05, 4.69) is 5.32 Å². The molecular formula is C12H15N3O3. The highest BCUT2D eigenvalue weighted by atomic mass is 16.6. The standard InChI is InChI=1S/C12H15N3O3/c1-8-7-9(15(17)18)3-4-11(8)14-6-5-10(13-2)12(14)16/h3-4,7,10,13H,5-6H2,1-2H3. The van der Waals surface area contributed by atoms with Crippen LogP contribution in [0.25, 0.3) is 0 Å². The smallest absolute Gasteiger partial charge is 0.269 e. The topological polar surface area (TPSA) is 75.5 Å². The Hall–Kier alpha value is -1.95. The molecule has 1 amide bonds. The zero-order valence-electron chi connectivity index (χ0n) is 10.3. The molecule has 1 aliphatic heterocycles. The minimum Gasteiger partial charge on any atom is -0.311 e. The number of nitrogens with one attached hydrogen (secondary N) is 1. The first-order valence-electron chi connectivity index (χ1n) is 5.78. The lowest BCUT2D eigenvalue weighted by Crippen LogP contribution is -2.36. The second-order valence-corrected chi connectivity index (χ2v) is 4.35. The number of hydrogen-bond acceptors (Lipinski definition) is 4. The van der Waals surface area contributed by atoms with Gasteiger partial charge in [0.05, 0.1) is 11.0 Å². The van der Waals surface area contributed by atoms with Gasteiger partial charge in [-0.1, -0.05) is 0 Å². The summed E-state index contributed by atoms with van der Waals surface area (Å²) in [6.45, 7) is 2.42. The fraction of sp³-hybridized carbons (Fsp3) is 0.417. The van der Waals surface area contributed by atoms with Crippen LogP contribution >= 0.6 is 0 Å². The van der Waals surface area contributed by atoms with Crippen molar-refractivity contribution in [3.05, 3.63) is 33.9 Å². The molecule has 1 fully saturated rings. The van der Waals surface area contributed by atoms with Crippen LogP contribution in [-0.4, -0.2) is 30.5 Å². The number of likely N-dealkylation sites (N-methyl/N-ethyl adjacent to an activating group) is 1. The zero-order chi connectivity index (χ0) is 13.3. The molecule has 1 unspecified atom stereocenters. The van der Waals surface area contributed by atoms with E-state index >= 15 is 0 Å². The largest absolute Gasteiger partial charge is 0.311 e. The average Bonchev–Trinajstić information content (AvgIpc) is 2.70. The summed E-state index contributed by atoms with van der Waals surface area (Å²) in [5.41, 5.74) is 1.55. The van der Waals surface area contributed by atoms with Crippen LogP contribution in [0.1, 0.15) is 12.0 Å². The Morgan fingerprint density at radius 1 is 1.50 bits per heavy atom. The third-order valence-electron chi connectivity index (χ3n) is 3.24. The number of carbonyl (C=O) groups is 1. The molecule has 0 spiro atoms. The molecule has 1 heterocycles. The molecule has 0 aliphatic carbocycles. The van der Waals surface area contributed by atoms with Crippen molar-refractivity contribution in [2.75, 3.05) is 18.5 Å². The Balaban J connectivity index is 2.30. The van der Waals surface area contributed by atoms with Crippen molar-refractivity contribution in [1.82, 2.24) is 5.32 Å². The van der Waals surface area contributed by atoms with Gasteiger partial charge in [0.2, 0.25) is 5.91 Å². The maximum absolute atomic E-state index is 12.0. The van der Waals surface area contributed by atoms with E-state index in [0.717, 1.165) is 17.7 Å². The van der Waals surface area contributed by atoms with Crippen LogP contribution in [0, 0.1) is 17.0 Å². The molecule has 96 valence electrons. The first kappa shape index (κ1) is 12.5. The highest BCUT2D eigenvalue weighted by molar-refractivity contribution is 6.00. The molecule has 18 heavy (non-hydrogen) atoms. The van der Waals surface area contributed by atoms with Crippen LogP contribution in [-0.2, 0) is 4.79 Å². The number of nitrogens with zero attached hydrogens (tertiary/aromatic N) is 2. The number of nitro groups is 1. The molecule has 2 rings (SSSR count). The molecule has 1 aliphatic rings. The molecule has 6 heteroatoms. The molecule has 1 aromatic rings. The van der Waals surface area contributed by atoms with Gasteiger partial charge in [0.15, 0.2) is 0 Å². The Kier molecular flexibility index (Phi) is 3.29. The highest BCUT2D eigenvalue weighted by Gasteiger charge is 2.32. The van der Waals surface area contributed by atoms with Gasteiger partial charge < -0.3 is 10.2 Å². The molecule has 1 saturated heterocycles. The fourth-order valence-corrected chi connectivity index (χ4v) is 2.24. The maximum atomic E-state index is 12.0. The number of hydrogen-bond donors (Lipinski definition) is 1. The van der Waals surface area contributed by atoms with E-state index in [0.29, 0.717) is 6.54 Å². The van der Waals surface area contributed by atoms with E-state index in [1.165, 1.54) is 12.1 Å². The van der Waals surface area contributed by atoms with Gasteiger partial charge in [-0.3, -0.25) is 14.9 Å². The number of aryl methyl sites for hydroxylation is 1. The molecule has 0 aromatic heterocycles. The maximum Gasteiger partial charge on any atom is 0.269 e. The van der Waals surface area contributed by atoms with Gasteiger partial charge >= 0.3 is 0 Å². The lowest BCUT2D eigenvalue weighted by Gasteiger charge is -2.18. The third-order valence-corrected chi connectivity index (χ3v) is 3.24. The number of benzene rings is 1. The SMILES string of the molecule is CNC1CCN(c2ccc([N+](=O)[O-])cc2C)C1=O. The average molecular weight is 249 g/mol. The summed E-state index contributed by atoms with van der Waals surface area (Å²) >= 11 is 0. The van der Waals surface area contributed by atoms with Crippen molar-refractivity contribution in [3.8, 4) is 0 Å². The van der Waals surface area contributed by atoms with E-state index in [9.17, 15) is 14.9 Å². The van der Waals surface area contributed by atoms with Crippen LogP contribution in [0.3, 0.4) is 0 Å². The van der Waals surface area contributed by atoms with Crippen LogP contribution in [0.5, 0.6) is 0 Å². The third kappa shape index (κ3) is 2.06. The zero-order valence-corrected chi connectivity index (χ0v) is 10.3. The Morgan fingerprint density at radius 3 is 2.72 bits per heavy atom. The number of amides is 1. The van der Waals surface area contributed by atoms with E-state index in [4.69, 9.17) is 0 Å². The number of anilines is 1. The lowest BCUT2D eigenvalue weighted by molar-refractivity contribution is -0.384. The Labute approximate surface area is 105 Å². The van der Waals surface area contributed by atoms with Crippen LogP contribution < -0.4 is 10.2 Å². The van der Waals surface area contributed by atoms with E-state index < -0.39 is 4.92 Å². The molecule has 0 radical (unpaired) electrons. The summed E-state index contributed by atoms with van der Waals surface area (Å²) in [6.07, 6.45) is 0.756. The Morgan fingerprint density at radius 2 is 2.22 bits per heavy atom. The summed E-state index contributed by atoms with van der Waals surface area (Å²) in [5, 5.41) is 13.6. The molecule has 1 atom stereocenters.